The predicted molar refractivity (Wildman–Crippen MR) is 282 cm³/mol. The molecule has 0 saturated heterocycles. The molecular formula is C64H42N2O. The van der Waals surface area contributed by atoms with E-state index in [0.29, 0.717) is 0 Å². The average Bonchev–Trinajstić information content (AvgIpc) is 3.95. The molecule has 0 spiro atoms. The second kappa shape index (κ2) is 16.0. The third-order valence-corrected chi connectivity index (χ3v) is 13.4. The molecule has 0 N–H and O–H groups in total. The van der Waals surface area contributed by atoms with Crippen LogP contribution in [-0.2, 0) is 0 Å². The Labute approximate surface area is 388 Å². The summed E-state index contributed by atoms with van der Waals surface area (Å²) in [4.78, 5) is 2.36. The highest BCUT2D eigenvalue weighted by molar-refractivity contribution is 6.13. The van der Waals surface area contributed by atoms with Crippen LogP contribution in [0.1, 0.15) is 0 Å². The number of hydrogen-bond donors (Lipinski definition) is 0. The smallest absolute Gasteiger partial charge is 0.143 e. The van der Waals surface area contributed by atoms with Gasteiger partial charge in [-0.1, -0.05) is 170 Å². The maximum absolute atomic E-state index is 6.70. The first kappa shape index (κ1) is 38.5. The van der Waals surface area contributed by atoms with E-state index in [0.717, 1.165) is 78.1 Å². The molecule has 2 heterocycles. The molecule has 0 aliphatic carbocycles. The van der Waals surface area contributed by atoms with Gasteiger partial charge in [-0.3, -0.25) is 0 Å². The van der Waals surface area contributed by atoms with Gasteiger partial charge in [-0.05, 0) is 129 Å². The first-order chi connectivity index (χ1) is 33.2. The van der Waals surface area contributed by atoms with Crippen LogP contribution in [0.15, 0.2) is 259 Å². The van der Waals surface area contributed by atoms with Crippen molar-refractivity contribution in [1.82, 2.24) is 4.57 Å². The van der Waals surface area contributed by atoms with E-state index in [1.807, 2.05) is 6.07 Å². The van der Waals surface area contributed by atoms with Crippen molar-refractivity contribution in [2.45, 2.75) is 0 Å². The summed E-state index contributed by atoms with van der Waals surface area (Å²) in [5.41, 5.74) is 17.8. The molecule has 3 heteroatoms. The van der Waals surface area contributed by atoms with Crippen LogP contribution in [0.25, 0.3) is 105 Å². The molecule has 0 fully saturated rings. The van der Waals surface area contributed by atoms with Gasteiger partial charge in [-0.15, -0.1) is 0 Å². The lowest BCUT2D eigenvalue weighted by atomic mass is 9.90. The third-order valence-electron chi connectivity index (χ3n) is 13.4. The summed E-state index contributed by atoms with van der Waals surface area (Å²) in [5, 5.41) is 7.02. The zero-order valence-corrected chi connectivity index (χ0v) is 36.6. The molecule has 13 aromatic rings. The van der Waals surface area contributed by atoms with Gasteiger partial charge in [0.2, 0.25) is 0 Å². The van der Waals surface area contributed by atoms with Crippen LogP contribution in [0.3, 0.4) is 0 Å². The predicted octanol–water partition coefficient (Wildman–Crippen LogP) is 18.0. The van der Waals surface area contributed by atoms with E-state index in [9.17, 15) is 0 Å². The molecular weight excluding hydrogens is 813 g/mol. The van der Waals surface area contributed by atoms with Gasteiger partial charge in [0.25, 0.3) is 0 Å². The van der Waals surface area contributed by atoms with Crippen molar-refractivity contribution >= 4 is 71.6 Å². The van der Waals surface area contributed by atoms with E-state index in [-0.39, 0.29) is 0 Å². The van der Waals surface area contributed by atoms with E-state index in [2.05, 4.69) is 258 Å². The fourth-order valence-electron chi connectivity index (χ4n) is 10.3. The van der Waals surface area contributed by atoms with Crippen molar-refractivity contribution in [3.8, 4) is 50.2 Å². The zero-order valence-electron chi connectivity index (χ0n) is 36.6. The zero-order chi connectivity index (χ0) is 44.3. The van der Waals surface area contributed by atoms with Crippen LogP contribution in [0.2, 0.25) is 0 Å². The number of aromatic nitrogens is 1. The SMILES string of the molecule is c1ccc(-c2ccc(-n3c4ccccc4c4cc(-c5cc(-c6ccc(N(c7ccccc7)c7ccccc7)c7ccccc67)cc(-c6cccc7c6oc6ccccc67)c5)ccc43)cc2)cc1. The molecule has 0 aliphatic rings. The molecule has 0 unspecified atom stereocenters. The maximum Gasteiger partial charge on any atom is 0.143 e. The molecule has 0 atom stereocenters. The first-order valence-electron chi connectivity index (χ1n) is 22.9. The molecule has 2 aromatic heterocycles. The van der Waals surface area contributed by atoms with Gasteiger partial charge in [0, 0.05) is 49.6 Å². The second-order valence-electron chi connectivity index (χ2n) is 17.3. The van der Waals surface area contributed by atoms with E-state index in [1.165, 1.54) is 43.7 Å². The Bertz CT molecular complexity index is 3920. The van der Waals surface area contributed by atoms with Crippen molar-refractivity contribution in [2.24, 2.45) is 0 Å². The van der Waals surface area contributed by atoms with Crippen LogP contribution < -0.4 is 4.90 Å². The summed E-state index contributed by atoms with van der Waals surface area (Å²) >= 11 is 0. The Kier molecular flexibility index (Phi) is 9.17. The summed E-state index contributed by atoms with van der Waals surface area (Å²) in [6.45, 7) is 0. The summed E-state index contributed by atoms with van der Waals surface area (Å²) in [7, 11) is 0. The lowest BCUT2D eigenvalue weighted by molar-refractivity contribution is 0.670. The quantitative estimate of drug-likeness (QED) is 0.152. The lowest BCUT2D eigenvalue weighted by Crippen LogP contribution is -2.10. The number of rotatable bonds is 8. The highest BCUT2D eigenvalue weighted by Crippen LogP contribution is 2.45. The van der Waals surface area contributed by atoms with Gasteiger partial charge in [0.05, 0.1) is 16.7 Å². The van der Waals surface area contributed by atoms with Crippen molar-refractivity contribution in [1.29, 1.82) is 0 Å². The molecule has 314 valence electrons. The fraction of sp³-hybridized carbons (Fsp3) is 0. The largest absolute Gasteiger partial charge is 0.455 e. The van der Waals surface area contributed by atoms with Gasteiger partial charge in [-0.2, -0.15) is 0 Å². The summed E-state index contributed by atoms with van der Waals surface area (Å²) < 4.78 is 9.10. The number of para-hydroxylation sites is 5. The minimum Gasteiger partial charge on any atom is -0.455 e. The van der Waals surface area contributed by atoms with Gasteiger partial charge < -0.3 is 13.9 Å². The third kappa shape index (κ3) is 6.59. The Balaban J connectivity index is 1.01. The monoisotopic (exact) mass is 854 g/mol. The lowest BCUT2D eigenvalue weighted by Gasteiger charge is -2.27. The topological polar surface area (TPSA) is 21.3 Å². The first-order valence-corrected chi connectivity index (χ1v) is 22.9. The van der Waals surface area contributed by atoms with Crippen molar-refractivity contribution in [2.75, 3.05) is 4.90 Å². The summed E-state index contributed by atoms with van der Waals surface area (Å²) in [6, 6.07) is 91.9. The minimum absolute atomic E-state index is 0.890. The molecule has 0 saturated carbocycles. The number of fused-ring (bicyclic) bond motifs is 7. The van der Waals surface area contributed by atoms with Crippen molar-refractivity contribution < 1.29 is 4.42 Å². The van der Waals surface area contributed by atoms with Gasteiger partial charge >= 0.3 is 0 Å². The summed E-state index contributed by atoms with van der Waals surface area (Å²) in [6.07, 6.45) is 0. The molecule has 3 nitrogen and oxygen atoms in total. The van der Waals surface area contributed by atoms with E-state index in [4.69, 9.17) is 4.42 Å². The van der Waals surface area contributed by atoms with E-state index >= 15 is 0 Å². The van der Waals surface area contributed by atoms with Crippen LogP contribution >= 0.6 is 0 Å². The Morgan fingerprint density at radius 2 is 0.851 bits per heavy atom. The van der Waals surface area contributed by atoms with Gasteiger partial charge in [-0.25, -0.2) is 0 Å². The average molecular weight is 855 g/mol. The van der Waals surface area contributed by atoms with Crippen LogP contribution in [0.5, 0.6) is 0 Å². The van der Waals surface area contributed by atoms with Crippen LogP contribution in [0.4, 0.5) is 17.1 Å². The molecule has 0 amide bonds. The Hall–Kier alpha value is -8.92. The highest BCUT2D eigenvalue weighted by Gasteiger charge is 2.20. The molecule has 0 aliphatic heterocycles. The fourth-order valence-corrected chi connectivity index (χ4v) is 10.3. The number of anilines is 3. The molecule has 67 heavy (non-hydrogen) atoms. The number of furan rings is 1. The number of benzene rings is 11. The molecule has 13 rings (SSSR count). The standard InChI is InChI=1S/C64H42N2O/c1-4-17-43(18-5-1)44-31-34-51(35-32-44)66-60-29-14-12-25-56(60)59-42-45(33-37-62(59)66)46-39-47(41-48(40-46)53-27-16-28-58-57-26-13-15-30-63(57)67-64(53)58)52-36-38-61(55-24-11-10-23-54(52)55)65(49-19-6-2-7-20-49)50-21-8-3-9-22-50/h1-42H. The summed E-state index contributed by atoms with van der Waals surface area (Å²) in [5.74, 6) is 0. The normalized spacial score (nSPS) is 11.6. The van der Waals surface area contributed by atoms with Crippen LogP contribution in [-0.4, -0.2) is 4.57 Å². The number of nitrogens with zero attached hydrogens (tertiary/aromatic N) is 2. The van der Waals surface area contributed by atoms with Crippen molar-refractivity contribution in [3.05, 3.63) is 255 Å². The van der Waals surface area contributed by atoms with Crippen molar-refractivity contribution in [3.63, 3.8) is 0 Å². The highest BCUT2D eigenvalue weighted by atomic mass is 16.3. The molecule has 11 aromatic carbocycles. The van der Waals surface area contributed by atoms with Crippen LogP contribution in [0, 0.1) is 0 Å². The maximum atomic E-state index is 6.70. The minimum atomic E-state index is 0.890. The van der Waals surface area contributed by atoms with E-state index in [1.54, 1.807) is 0 Å². The van der Waals surface area contributed by atoms with E-state index < -0.39 is 0 Å². The molecule has 0 radical (unpaired) electrons. The van der Waals surface area contributed by atoms with Gasteiger partial charge in [0.1, 0.15) is 11.2 Å². The Morgan fingerprint density at radius 1 is 0.299 bits per heavy atom. The van der Waals surface area contributed by atoms with Gasteiger partial charge in [0.15, 0.2) is 0 Å². The molecule has 0 bridgehead atoms. The Morgan fingerprint density at radius 3 is 1.60 bits per heavy atom. The number of hydrogen-bond acceptors (Lipinski definition) is 2. The second-order valence-corrected chi connectivity index (χ2v) is 17.3.